The first kappa shape index (κ1) is 15.0. The number of azide groups is 1. The number of carbonyl (C=O) groups excluding carboxylic acids is 1. The second kappa shape index (κ2) is 5.94. The van der Waals surface area contributed by atoms with Crippen molar-refractivity contribution in [2.75, 3.05) is 18.0 Å². The van der Waals surface area contributed by atoms with Crippen LogP contribution in [0.1, 0.15) is 6.42 Å². The van der Waals surface area contributed by atoms with Crippen LogP contribution in [0.25, 0.3) is 10.4 Å². The van der Waals surface area contributed by atoms with Gasteiger partial charge in [-0.05, 0) is 17.5 Å². The largest absolute Gasteiger partial charge is 0.306 e. The van der Waals surface area contributed by atoms with Crippen LogP contribution in [0.5, 0.6) is 0 Å². The summed E-state index contributed by atoms with van der Waals surface area (Å²) < 4.78 is 13.4. The molecule has 0 radical (unpaired) electrons. The first-order valence-corrected chi connectivity index (χ1v) is 6.26. The number of halogens is 2. The monoisotopic (exact) mass is 313 g/mol. The highest BCUT2D eigenvalue weighted by Gasteiger charge is 2.34. The molecule has 1 heterocycles. The van der Waals surface area contributed by atoms with Gasteiger partial charge >= 0.3 is 0 Å². The summed E-state index contributed by atoms with van der Waals surface area (Å²) in [5.41, 5.74) is 7.68. The quantitative estimate of drug-likeness (QED) is 0.280. The standard InChI is InChI=1S/C11H9ClFN5O3/c12-7-2-9(10(18(20)21)3-8(7)13)17-5-6(1-11(17)19)4-15-16-14/h2-3,6H,1,4-5H2. The molecule has 0 bridgehead atoms. The fraction of sp³-hybridized carbons (Fsp3) is 0.364. The van der Waals surface area contributed by atoms with E-state index in [1.807, 2.05) is 0 Å². The molecule has 0 spiro atoms. The van der Waals surface area contributed by atoms with E-state index in [9.17, 15) is 19.3 Å². The lowest BCUT2D eigenvalue weighted by Crippen LogP contribution is -2.25. The van der Waals surface area contributed by atoms with Gasteiger partial charge in [0.05, 0.1) is 16.0 Å². The topological polar surface area (TPSA) is 112 Å². The zero-order chi connectivity index (χ0) is 15.6. The SMILES string of the molecule is [N-]=[N+]=NCC1CC(=O)N(c2cc(Cl)c(F)cc2[N+](=O)[O-])C1. The number of anilines is 1. The number of amides is 1. The van der Waals surface area contributed by atoms with Crippen LogP contribution in [0.15, 0.2) is 17.2 Å². The molecular formula is C11H9ClFN5O3. The molecule has 1 aliphatic heterocycles. The zero-order valence-electron chi connectivity index (χ0n) is 10.6. The van der Waals surface area contributed by atoms with E-state index in [0.29, 0.717) is 6.07 Å². The summed E-state index contributed by atoms with van der Waals surface area (Å²) in [6, 6.07) is 1.74. The highest BCUT2D eigenvalue weighted by Crippen LogP contribution is 2.36. The summed E-state index contributed by atoms with van der Waals surface area (Å²) in [6.07, 6.45) is 0.102. The number of carbonyl (C=O) groups is 1. The van der Waals surface area contributed by atoms with Gasteiger partial charge in [-0.25, -0.2) is 4.39 Å². The van der Waals surface area contributed by atoms with Crippen molar-refractivity contribution in [3.63, 3.8) is 0 Å². The van der Waals surface area contributed by atoms with Gasteiger partial charge in [0.1, 0.15) is 11.5 Å². The van der Waals surface area contributed by atoms with Gasteiger partial charge in [-0.2, -0.15) is 0 Å². The number of hydrogen-bond acceptors (Lipinski definition) is 4. The molecule has 1 unspecified atom stereocenters. The third kappa shape index (κ3) is 3.04. The summed E-state index contributed by atoms with van der Waals surface area (Å²) >= 11 is 5.63. The van der Waals surface area contributed by atoms with E-state index in [2.05, 4.69) is 10.0 Å². The molecule has 2 rings (SSSR count). The smallest absolute Gasteiger partial charge is 0.295 e. The Morgan fingerprint density at radius 2 is 2.33 bits per heavy atom. The maximum Gasteiger partial charge on any atom is 0.295 e. The van der Waals surface area contributed by atoms with E-state index in [4.69, 9.17) is 17.1 Å². The van der Waals surface area contributed by atoms with E-state index in [0.717, 1.165) is 6.07 Å². The van der Waals surface area contributed by atoms with E-state index in [1.165, 1.54) is 4.90 Å². The summed E-state index contributed by atoms with van der Waals surface area (Å²) in [6.45, 7) is 0.266. The second-order valence-corrected chi connectivity index (χ2v) is 4.91. The molecule has 21 heavy (non-hydrogen) atoms. The van der Waals surface area contributed by atoms with Crippen LogP contribution in [-0.4, -0.2) is 23.9 Å². The van der Waals surface area contributed by atoms with Crippen LogP contribution in [0, 0.1) is 21.8 Å². The van der Waals surface area contributed by atoms with Crippen molar-refractivity contribution in [2.45, 2.75) is 6.42 Å². The van der Waals surface area contributed by atoms with Crippen LogP contribution in [0.3, 0.4) is 0 Å². The molecule has 8 nitrogen and oxygen atoms in total. The molecule has 1 saturated heterocycles. The predicted molar refractivity (Wildman–Crippen MR) is 72.5 cm³/mol. The van der Waals surface area contributed by atoms with Gasteiger partial charge in [-0.1, -0.05) is 16.7 Å². The third-order valence-electron chi connectivity index (χ3n) is 3.11. The maximum atomic E-state index is 13.4. The molecular weight excluding hydrogens is 305 g/mol. The van der Waals surface area contributed by atoms with Crippen LogP contribution >= 0.6 is 11.6 Å². The molecule has 0 aromatic heterocycles. The van der Waals surface area contributed by atoms with E-state index in [-0.39, 0.29) is 42.0 Å². The van der Waals surface area contributed by atoms with Crippen LogP contribution in [-0.2, 0) is 4.79 Å². The first-order valence-electron chi connectivity index (χ1n) is 5.88. The molecule has 0 saturated carbocycles. The molecule has 1 atom stereocenters. The molecule has 10 heteroatoms. The lowest BCUT2D eigenvalue weighted by Gasteiger charge is -2.17. The minimum Gasteiger partial charge on any atom is -0.306 e. The van der Waals surface area contributed by atoms with Crippen molar-refractivity contribution in [2.24, 2.45) is 11.0 Å². The van der Waals surface area contributed by atoms with Crippen molar-refractivity contribution in [3.8, 4) is 0 Å². The Morgan fingerprint density at radius 1 is 1.62 bits per heavy atom. The molecule has 110 valence electrons. The molecule has 1 amide bonds. The molecule has 1 aromatic rings. The summed E-state index contributed by atoms with van der Waals surface area (Å²) in [7, 11) is 0. The minimum atomic E-state index is -0.926. The van der Waals surface area contributed by atoms with E-state index >= 15 is 0 Å². The van der Waals surface area contributed by atoms with E-state index in [1.54, 1.807) is 0 Å². The zero-order valence-corrected chi connectivity index (χ0v) is 11.3. The summed E-state index contributed by atoms with van der Waals surface area (Å²) in [4.78, 5) is 25.9. The molecule has 1 aromatic carbocycles. The highest BCUT2D eigenvalue weighted by atomic mass is 35.5. The Kier molecular flexibility index (Phi) is 4.25. The van der Waals surface area contributed by atoms with Gasteiger partial charge in [-0.3, -0.25) is 14.9 Å². The Morgan fingerprint density at radius 3 is 2.95 bits per heavy atom. The second-order valence-electron chi connectivity index (χ2n) is 4.50. The minimum absolute atomic E-state index is 0.0557. The van der Waals surface area contributed by atoms with Crippen molar-refractivity contribution < 1.29 is 14.1 Å². The summed E-state index contributed by atoms with van der Waals surface area (Å²) in [5, 5.41) is 14.1. The molecule has 1 fully saturated rings. The Bertz CT molecular complexity index is 662. The molecule has 1 aliphatic rings. The van der Waals surface area contributed by atoms with Gasteiger partial charge in [0.25, 0.3) is 5.69 Å². The van der Waals surface area contributed by atoms with Crippen LogP contribution in [0.2, 0.25) is 5.02 Å². The van der Waals surface area contributed by atoms with Crippen LogP contribution < -0.4 is 4.90 Å². The summed E-state index contributed by atoms with van der Waals surface area (Å²) in [5.74, 6) is -1.53. The normalized spacial score (nSPS) is 17.7. The van der Waals surface area contributed by atoms with Crippen LogP contribution in [0.4, 0.5) is 15.8 Å². The number of rotatable bonds is 4. The number of nitrogens with zero attached hydrogens (tertiary/aromatic N) is 5. The Hall–Kier alpha value is -2.38. The Labute approximate surface area is 122 Å². The predicted octanol–water partition coefficient (Wildman–Crippen LogP) is 3.05. The van der Waals surface area contributed by atoms with Gasteiger partial charge < -0.3 is 4.90 Å². The average molecular weight is 314 g/mol. The third-order valence-corrected chi connectivity index (χ3v) is 3.40. The number of nitro benzene ring substituents is 1. The lowest BCUT2D eigenvalue weighted by atomic mass is 10.1. The first-order chi connectivity index (χ1) is 9.93. The fourth-order valence-electron chi connectivity index (χ4n) is 2.18. The highest BCUT2D eigenvalue weighted by molar-refractivity contribution is 6.31. The number of hydrogen-bond donors (Lipinski definition) is 0. The van der Waals surface area contributed by atoms with Crippen molar-refractivity contribution in [1.29, 1.82) is 0 Å². The Balaban J connectivity index is 2.37. The molecule has 0 aliphatic carbocycles. The van der Waals surface area contributed by atoms with Crippen molar-refractivity contribution >= 4 is 28.9 Å². The molecule has 0 N–H and O–H groups in total. The average Bonchev–Trinajstić information content (AvgIpc) is 2.80. The van der Waals surface area contributed by atoms with E-state index < -0.39 is 16.4 Å². The van der Waals surface area contributed by atoms with Crippen molar-refractivity contribution in [3.05, 3.63) is 43.5 Å². The number of nitro groups is 1. The fourth-order valence-corrected chi connectivity index (χ4v) is 2.33. The maximum absolute atomic E-state index is 13.4. The lowest BCUT2D eigenvalue weighted by molar-refractivity contribution is -0.384. The van der Waals surface area contributed by atoms with Gasteiger partial charge in [-0.15, -0.1) is 0 Å². The van der Waals surface area contributed by atoms with Crippen molar-refractivity contribution in [1.82, 2.24) is 0 Å². The van der Waals surface area contributed by atoms with Gasteiger partial charge in [0.2, 0.25) is 5.91 Å². The number of benzene rings is 1. The van der Waals surface area contributed by atoms with Gasteiger partial charge in [0.15, 0.2) is 0 Å². The van der Waals surface area contributed by atoms with Gasteiger partial charge in [0, 0.05) is 24.4 Å².